The van der Waals surface area contributed by atoms with Crippen LogP contribution in [0.25, 0.3) is 0 Å². The van der Waals surface area contributed by atoms with Gasteiger partial charge in [-0.2, -0.15) is 0 Å². The number of benzene rings is 2. The molecule has 2 aromatic carbocycles. The van der Waals surface area contributed by atoms with Gasteiger partial charge in [0.15, 0.2) is 5.11 Å². The Morgan fingerprint density at radius 3 is 2.46 bits per heavy atom. The molecule has 0 fully saturated rings. The molecule has 0 saturated heterocycles. The van der Waals surface area contributed by atoms with Crippen molar-refractivity contribution in [2.75, 3.05) is 7.11 Å². The van der Waals surface area contributed by atoms with Gasteiger partial charge in [0.05, 0.1) is 18.7 Å². The van der Waals surface area contributed by atoms with Crippen LogP contribution in [0.2, 0.25) is 0 Å². The lowest BCUT2D eigenvalue weighted by Crippen LogP contribution is -2.45. The zero-order chi connectivity index (χ0) is 18.5. The van der Waals surface area contributed by atoms with Crippen molar-refractivity contribution in [1.29, 1.82) is 0 Å². The zero-order valence-corrected chi connectivity index (χ0v) is 15.4. The van der Waals surface area contributed by atoms with E-state index in [9.17, 15) is 4.79 Å². The SMILES string of the molecule is COc1ccc([C@H]2NC(=S)NC(C)=C2C(=O)OCc2ccccc2)cc1. The Kier molecular flexibility index (Phi) is 5.53. The van der Waals surface area contributed by atoms with Crippen molar-refractivity contribution >= 4 is 23.3 Å². The van der Waals surface area contributed by atoms with E-state index >= 15 is 0 Å². The van der Waals surface area contributed by atoms with Gasteiger partial charge in [-0.05, 0) is 42.4 Å². The Morgan fingerprint density at radius 2 is 1.81 bits per heavy atom. The predicted octanol–water partition coefficient (Wildman–Crippen LogP) is 3.23. The first-order chi connectivity index (χ1) is 12.6. The van der Waals surface area contributed by atoms with E-state index in [1.165, 1.54) is 0 Å². The Morgan fingerprint density at radius 1 is 1.12 bits per heavy atom. The highest BCUT2D eigenvalue weighted by Crippen LogP contribution is 2.29. The van der Waals surface area contributed by atoms with Crippen molar-refractivity contribution in [2.45, 2.75) is 19.6 Å². The molecule has 6 heteroatoms. The minimum absolute atomic E-state index is 0.218. The number of allylic oxidation sites excluding steroid dienone is 1. The molecule has 0 saturated carbocycles. The summed E-state index contributed by atoms with van der Waals surface area (Å²) in [5.41, 5.74) is 3.04. The quantitative estimate of drug-likeness (QED) is 0.624. The summed E-state index contributed by atoms with van der Waals surface area (Å²) in [6.45, 7) is 2.04. The summed E-state index contributed by atoms with van der Waals surface area (Å²) in [5, 5.41) is 6.63. The summed E-state index contributed by atoms with van der Waals surface area (Å²) in [4.78, 5) is 12.8. The van der Waals surface area contributed by atoms with Crippen molar-refractivity contribution < 1.29 is 14.3 Å². The molecule has 134 valence electrons. The number of esters is 1. The standard InChI is InChI=1S/C20H20N2O3S/c1-13-17(19(23)25-12-14-6-4-3-5-7-14)18(22-20(26)21-13)15-8-10-16(24-2)11-9-15/h3-11,18H,12H2,1-2H3,(H2,21,22,26)/t18-/m1/s1. The van der Waals surface area contributed by atoms with Gasteiger partial charge < -0.3 is 20.1 Å². The molecular weight excluding hydrogens is 348 g/mol. The summed E-state index contributed by atoms with van der Waals surface area (Å²) in [6, 6.07) is 16.7. The van der Waals surface area contributed by atoms with E-state index in [-0.39, 0.29) is 18.6 Å². The monoisotopic (exact) mass is 368 g/mol. The van der Waals surface area contributed by atoms with E-state index in [1.54, 1.807) is 7.11 Å². The highest BCUT2D eigenvalue weighted by molar-refractivity contribution is 7.80. The second-order valence-electron chi connectivity index (χ2n) is 5.91. The number of hydrogen-bond acceptors (Lipinski definition) is 4. The largest absolute Gasteiger partial charge is 0.497 e. The summed E-state index contributed by atoms with van der Waals surface area (Å²) in [7, 11) is 1.61. The number of methoxy groups -OCH3 is 1. The number of nitrogens with one attached hydrogen (secondary N) is 2. The molecular formula is C20H20N2O3S. The highest BCUT2D eigenvalue weighted by Gasteiger charge is 2.31. The molecule has 1 heterocycles. The molecule has 3 rings (SSSR count). The summed E-state index contributed by atoms with van der Waals surface area (Å²) in [6.07, 6.45) is 0. The Balaban J connectivity index is 1.83. The fourth-order valence-electron chi connectivity index (χ4n) is 2.81. The van der Waals surface area contributed by atoms with E-state index in [2.05, 4.69) is 10.6 Å². The predicted molar refractivity (Wildman–Crippen MR) is 104 cm³/mol. The van der Waals surface area contributed by atoms with Crippen LogP contribution >= 0.6 is 12.2 Å². The van der Waals surface area contributed by atoms with Gasteiger partial charge in [0.25, 0.3) is 0 Å². The Hall–Kier alpha value is -2.86. The van der Waals surface area contributed by atoms with E-state index < -0.39 is 0 Å². The van der Waals surface area contributed by atoms with Crippen molar-refractivity contribution in [3.05, 3.63) is 77.0 Å². The first-order valence-corrected chi connectivity index (χ1v) is 8.62. The van der Waals surface area contributed by atoms with Crippen molar-refractivity contribution in [1.82, 2.24) is 10.6 Å². The fourth-order valence-corrected chi connectivity index (χ4v) is 3.08. The number of thiocarbonyl (C=S) groups is 1. The average Bonchev–Trinajstić information content (AvgIpc) is 2.66. The smallest absolute Gasteiger partial charge is 0.338 e. The van der Waals surface area contributed by atoms with Gasteiger partial charge in [0.1, 0.15) is 12.4 Å². The molecule has 26 heavy (non-hydrogen) atoms. The van der Waals surface area contributed by atoms with Crippen LogP contribution in [0.4, 0.5) is 0 Å². The molecule has 0 spiro atoms. The second kappa shape index (κ2) is 8.01. The van der Waals surface area contributed by atoms with E-state index in [1.807, 2.05) is 61.5 Å². The summed E-state index contributed by atoms with van der Waals surface area (Å²) >= 11 is 5.26. The number of carbonyl (C=O) groups is 1. The number of ether oxygens (including phenoxy) is 2. The minimum atomic E-state index is -0.380. The van der Waals surface area contributed by atoms with Crippen molar-refractivity contribution in [3.63, 3.8) is 0 Å². The van der Waals surface area contributed by atoms with Gasteiger partial charge in [0, 0.05) is 5.70 Å². The topological polar surface area (TPSA) is 59.6 Å². The van der Waals surface area contributed by atoms with Gasteiger partial charge in [-0.3, -0.25) is 0 Å². The van der Waals surface area contributed by atoms with Crippen LogP contribution < -0.4 is 15.4 Å². The molecule has 2 aromatic rings. The molecule has 0 aliphatic carbocycles. The first-order valence-electron chi connectivity index (χ1n) is 8.22. The number of rotatable bonds is 5. The van der Waals surface area contributed by atoms with E-state index in [0.29, 0.717) is 16.4 Å². The third-order valence-corrected chi connectivity index (χ3v) is 4.37. The molecule has 0 bridgehead atoms. The maximum Gasteiger partial charge on any atom is 0.338 e. The van der Waals surface area contributed by atoms with Crippen LogP contribution in [-0.2, 0) is 16.1 Å². The van der Waals surface area contributed by atoms with Crippen LogP contribution in [0.15, 0.2) is 65.9 Å². The molecule has 0 aromatic heterocycles. The van der Waals surface area contributed by atoms with Crippen LogP contribution in [0, 0.1) is 0 Å². The lowest BCUT2D eigenvalue weighted by atomic mass is 9.95. The molecule has 0 radical (unpaired) electrons. The van der Waals surface area contributed by atoms with Crippen molar-refractivity contribution in [2.24, 2.45) is 0 Å². The van der Waals surface area contributed by atoms with Gasteiger partial charge in [-0.15, -0.1) is 0 Å². The van der Waals surface area contributed by atoms with Crippen LogP contribution in [0.1, 0.15) is 24.1 Å². The zero-order valence-electron chi connectivity index (χ0n) is 14.6. The van der Waals surface area contributed by atoms with Gasteiger partial charge in [0.2, 0.25) is 0 Å². The van der Waals surface area contributed by atoms with Crippen LogP contribution in [0.3, 0.4) is 0 Å². The molecule has 1 atom stereocenters. The van der Waals surface area contributed by atoms with E-state index in [0.717, 1.165) is 16.9 Å². The molecule has 5 nitrogen and oxygen atoms in total. The highest BCUT2D eigenvalue weighted by atomic mass is 32.1. The van der Waals surface area contributed by atoms with Gasteiger partial charge >= 0.3 is 5.97 Å². The fraction of sp³-hybridized carbons (Fsp3) is 0.200. The number of hydrogen-bond donors (Lipinski definition) is 2. The second-order valence-corrected chi connectivity index (χ2v) is 6.31. The normalized spacial score (nSPS) is 16.5. The Labute approximate surface area is 158 Å². The maximum atomic E-state index is 12.8. The third kappa shape index (κ3) is 4.03. The first kappa shape index (κ1) is 17.9. The van der Waals surface area contributed by atoms with Crippen LogP contribution in [-0.4, -0.2) is 18.2 Å². The van der Waals surface area contributed by atoms with Gasteiger partial charge in [-0.1, -0.05) is 42.5 Å². The van der Waals surface area contributed by atoms with Crippen molar-refractivity contribution in [3.8, 4) is 5.75 Å². The minimum Gasteiger partial charge on any atom is -0.497 e. The molecule has 1 aliphatic rings. The Bertz CT molecular complexity index is 832. The molecule has 1 aliphatic heterocycles. The average molecular weight is 368 g/mol. The summed E-state index contributed by atoms with van der Waals surface area (Å²) < 4.78 is 10.7. The molecule has 2 N–H and O–H groups in total. The van der Waals surface area contributed by atoms with E-state index in [4.69, 9.17) is 21.7 Å². The third-order valence-electron chi connectivity index (χ3n) is 4.15. The number of carbonyl (C=O) groups excluding carboxylic acids is 1. The van der Waals surface area contributed by atoms with Gasteiger partial charge in [-0.25, -0.2) is 4.79 Å². The molecule has 0 unspecified atom stereocenters. The summed E-state index contributed by atoms with van der Waals surface area (Å²) in [5.74, 6) is 0.369. The lowest BCUT2D eigenvalue weighted by molar-refractivity contribution is -0.140. The maximum absolute atomic E-state index is 12.8. The lowest BCUT2D eigenvalue weighted by Gasteiger charge is -2.30. The molecule has 0 amide bonds. The van der Waals surface area contributed by atoms with Crippen LogP contribution in [0.5, 0.6) is 5.75 Å².